The number of morpholine rings is 1. The average Bonchev–Trinajstić information content (AvgIpc) is 3.10. The molecule has 2 aromatic heterocycles. The number of benzene rings is 1. The van der Waals surface area contributed by atoms with Gasteiger partial charge >= 0.3 is 0 Å². The molecule has 2 N–H and O–H groups in total. The standard InChI is InChI=1S/C19H20ClN5O2S/c20-13-1-3-14(4-2-13)21-16-6-5-15-18(23-16)28-19(22-15)24-17(26)7-8-25-9-11-27-12-10-25/h1-6H,7-12H2,(H,21,23)(H,22,24,26). The lowest BCUT2D eigenvalue weighted by atomic mass is 10.3. The van der Waals surface area contributed by atoms with Crippen LogP contribution in [0, 0.1) is 0 Å². The van der Waals surface area contributed by atoms with Gasteiger partial charge in [-0.3, -0.25) is 9.69 Å². The molecular formula is C19H20ClN5O2S. The Balaban J connectivity index is 1.37. The van der Waals surface area contributed by atoms with Crippen LogP contribution < -0.4 is 10.6 Å². The van der Waals surface area contributed by atoms with Crippen molar-refractivity contribution in [1.82, 2.24) is 14.9 Å². The topological polar surface area (TPSA) is 79.4 Å². The second-order valence-electron chi connectivity index (χ2n) is 6.42. The third-order valence-corrected chi connectivity index (χ3v) is 5.51. The highest BCUT2D eigenvalue weighted by Crippen LogP contribution is 2.27. The Morgan fingerprint density at radius 1 is 1.14 bits per heavy atom. The van der Waals surface area contributed by atoms with E-state index in [-0.39, 0.29) is 5.91 Å². The Kier molecular flexibility index (Phi) is 6.01. The van der Waals surface area contributed by atoms with Gasteiger partial charge in [-0.05, 0) is 36.4 Å². The first kappa shape index (κ1) is 19.1. The van der Waals surface area contributed by atoms with Crippen molar-refractivity contribution in [1.29, 1.82) is 0 Å². The van der Waals surface area contributed by atoms with Crippen LogP contribution in [0.1, 0.15) is 6.42 Å². The molecule has 3 aromatic rings. The molecule has 0 unspecified atom stereocenters. The number of ether oxygens (including phenoxy) is 1. The molecule has 28 heavy (non-hydrogen) atoms. The zero-order valence-electron chi connectivity index (χ0n) is 15.2. The van der Waals surface area contributed by atoms with E-state index >= 15 is 0 Å². The number of carbonyl (C=O) groups excluding carboxylic acids is 1. The van der Waals surface area contributed by atoms with Crippen molar-refractivity contribution in [3.05, 3.63) is 41.4 Å². The second kappa shape index (κ2) is 8.83. The van der Waals surface area contributed by atoms with Crippen LogP contribution in [0.2, 0.25) is 5.02 Å². The molecule has 4 rings (SSSR count). The van der Waals surface area contributed by atoms with E-state index in [2.05, 4.69) is 25.5 Å². The molecule has 0 saturated carbocycles. The number of halogens is 1. The van der Waals surface area contributed by atoms with Crippen LogP contribution in [-0.2, 0) is 9.53 Å². The van der Waals surface area contributed by atoms with Crippen LogP contribution in [0.5, 0.6) is 0 Å². The van der Waals surface area contributed by atoms with E-state index in [1.54, 1.807) is 0 Å². The fourth-order valence-electron chi connectivity index (χ4n) is 2.89. The van der Waals surface area contributed by atoms with Gasteiger partial charge in [0, 0.05) is 36.8 Å². The molecule has 0 aliphatic carbocycles. The van der Waals surface area contributed by atoms with Crippen LogP contribution in [0.25, 0.3) is 10.3 Å². The Morgan fingerprint density at radius 3 is 2.71 bits per heavy atom. The number of hydrogen-bond donors (Lipinski definition) is 2. The van der Waals surface area contributed by atoms with Crippen LogP contribution in [0.3, 0.4) is 0 Å². The summed E-state index contributed by atoms with van der Waals surface area (Å²) in [6, 6.07) is 11.2. The minimum atomic E-state index is -0.0370. The molecule has 0 bridgehead atoms. The van der Waals surface area contributed by atoms with E-state index in [1.165, 1.54) is 11.3 Å². The van der Waals surface area contributed by atoms with Crippen molar-refractivity contribution in [2.24, 2.45) is 0 Å². The van der Waals surface area contributed by atoms with Crippen LogP contribution in [0.4, 0.5) is 16.6 Å². The van der Waals surface area contributed by atoms with Crippen molar-refractivity contribution in [2.75, 3.05) is 43.5 Å². The van der Waals surface area contributed by atoms with Gasteiger partial charge in [0.25, 0.3) is 0 Å². The Hall–Kier alpha value is -2.26. The van der Waals surface area contributed by atoms with Crippen molar-refractivity contribution in [3.8, 4) is 0 Å². The zero-order chi connectivity index (χ0) is 19.3. The molecule has 1 amide bonds. The fraction of sp³-hybridized carbons (Fsp3) is 0.316. The minimum absolute atomic E-state index is 0.0370. The highest BCUT2D eigenvalue weighted by molar-refractivity contribution is 7.22. The fourth-order valence-corrected chi connectivity index (χ4v) is 3.87. The summed E-state index contributed by atoms with van der Waals surface area (Å²) >= 11 is 7.28. The van der Waals surface area contributed by atoms with E-state index in [9.17, 15) is 4.79 Å². The van der Waals surface area contributed by atoms with E-state index in [1.807, 2.05) is 36.4 Å². The Bertz CT molecular complexity index is 957. The number of amides is 1. The van der Waals surface area contributed by atoms with Crippen LogP contribution in [-0.4, -0.2) is 53.6 Å². The Labute approximate surface area is 171 Å². The number of pyridine rings is 1. The molecule has 9 heteroatoms. The van der Waals surface area contributed by atoms with Gasteiger partial charge in [-0.2, -0.15) is 0 Å². The minimum Gasteiger partial charge on any atom is -0.379 e. The van der Waals surface area contributed by atoms with E-state index < -0.39 is 0 Å². The highest BCUT2D eigenvalue weighted by Gasteiger charge is 2.14. The maximum absolute atomic E-state index is 12.2. The second-order valence-corrected chi connectivity index (χ2v) is 7.84. The summed E-state index contributed by atoms with van der Waals surface area (Å²) in [5, 5.41) is 7.37. The highest BCUT2D eigenvalue weighted by atomic mass is 35.5. The van der Waals surface area contributed by atoms with Gasteiger partial charge in [-0.25, -0.2) is 9.97 Å². The molecule has 7 nitrogen and oxygen atoms in total. The van der Waals surface area contributed by atoms with Gasteiger partial charge in [0.2, 0.25) is 5.91 Å². The number of rotatable bonds is 6. The smallest absolute Gasteiger partial charge is 0.227 e. The summed E-state index contributed by atoms with van der Waals surface area (Å²) < 4.78 is 5.32. The first-order valence-electron chi connectivity index (χ1n) is 9.06. The summed E-state index contributed by atoms with van der Waals surface area (Å²) in [7, 11) is 0. The van der Waals surface area contributed by atoms with Gasteiger partial charge in [0.05, 0.1) is 13.2 Å². The normalized spacial score (nSPS) is 14.9. The number of fused-ring (bicyclic) bond motifs is 1. The lowest BCUT2D eigenvalue weighted by Gasteiger charge is -2.26. The monoisotopic (exact) mass is 417 g/mol. The number of anilines is 3. The predicted molar refractivity (Wildman–Crippen MR) is 113 cm³/mol. The number of nitrogens with zero attached hydrogens (tertiary/aromatic N) is 3. The van der Waals surface area contributed by atoms with E-state index in [0.29, 0.717) is 22.4 Å². The molecule has 1 aromatic carbocycles. The average molecular weight is 418 g/mol. The quantitative estimate of drug-likeness (QED) is 0.635. The van der Waals surface area contributed by atoms with Gasteiger partial charge in [-0.15, -0.1) is 0 Å². The Morgan fingerprint density at radius 2 is 1.93 bits per heavy atom. The van der Waals surface area contributed by atoms with E-state index in [0.717, 1.165) is 48.9 Å². The summed E-state index contributed by atoms with van der Waals surface area (Å²) in [4.78, 5) is 24.3. The van der Waals surface area contributed by atoms with Gasteiger partial charge in [-0.1, -0.05) is 22.9 Å². The van der Waals surface area contributed by atoms with E-state index in [4.69, 9.17) is 16.3 Å². The van der Waals surface area contributed by atoms with Gasteiger partial charge < -0.3 is 15.4 Å². The molecular weight excluding hydrogens is 398 g/mol. The number of nitrogens with one attached hydrogen (secondary N) is 2. The third-order valence-electron chi connectivity index (χ3n) is 4.38. The summed E-state index contributed by atoms with van der Waals surface area (Å²) in [5.74, 6) is 0.675. The van der Waals surface area contributed by atoms with Gasteiger partial charge in [0.15, 0.2) is 5.13 Å². The molecule has 1 aliphatic heterocycles. The molecule has 0 radical (unpaired) electrons. The molecule has 3 heterocycles. The maximum atomic E-state index is 12.2. The SMILES string of the molecule is O=C(CCN1CCOCC1)Nc1nc2ccc(Nc3ccc(Cl)cc3)nc2s1. The summed E-state index contributed by atoms with van der Waals surface area (Å²) in [5.41, 5.74) is 1.66. The molecule has 1 saturated heterocycles. The first-order chi connectivity index (χ1) is 13.7. The molecule has 0 atom stereocenters. The molecule has 1 fully saturated rings. The molecule has 146 valence electrons. The lowest BCUT2D eigenvalue weighted by Crippen LogP contribution is -2.38. The van der Waals surface area contributed by atoms with Crippen LogP contribution in [0.15, 0.2) is 36.4 Å². The molecule has 0 spiro atoms. The largest absolute Gasteiger partial charge is 0.379 e. The summed E-state index contributed by atoms with van der Waals surface area (Å²) in [6.07, 6.45) is 0.437. The third kappa shape index (κ3) is 4.96. The number of hydrogen-bond acceptors (Lipinski definition) is 7. The molecule has 1 aliphatic rings. The zero-order valence-corrected chi connectivity index (χ0v) is 16.7. The number of aromatic nitrogens is 2. The van der Waals surface area contributed by atoms with Crippen LogP contribution >= 0.6 is 22.9 Å². The maximum Gasteiger partial charge on any atom is 0.227 e. The van der Waals surface area contributed by atoms with Crippen molar-refractivity contribution in [3.63, 3.8) is 0 Å². The van der Waals surface area contributed by atoms with Crippen molar-refractivity contribution < 1.29 is 9.53 Å². The summed E-state index contributed by atoms with van der Waals surface area (Å²) in [6.45, 7) is 3.95. The predicted octanol–water partition coefficient (Wildman–Crippen LogP) is 3.75. The first-order valence-corrected chi connectivity index (χ1v) is 10.3. The van der Waals surface area contributed by atoms with Crippen molar-refractivity contribution >= 4 is 55.8 Å². The van der Waals surface area contributed by atoms with Crippen molar-refractivity contribution in [2.45, 2.75) is 6.42 Å². The number of thiazole rings is 1. The lowest BCUT2D eigenvalue weighted by molar-refractivity contribution is -0.116. The number of carbonyl (C=O) groups is 1. The van der Waals surface area contributed by atoms with Gasteiger partial charge in [0.1, 0.15) is 16.2 Å².